The Balaban J connectivity index is 3.42. The molecule has 1 atom stereocenters. The van der Waals surface area contributed by atoms with Gasteiger partial charge in [0.25, 0.3) is 0 Å². The van der Waals surface area contributed by atoms with Crippen molar-refractivity contribution in [2.24, 2.45) is 0 Å². The van der Waals surface area contributed by atoms with Gasteiger partial charge in [0.1, 0.15) is 19.3 Å². The van der Waals surface area contributed by atoms with E-state index in [1.54, 1.807) is 0 Å². The highest BCUT2D eigenvalue weighted by molar-refractivity contribution is 5.69. The van der Waals surface area contributed by atoms with Crippen LogP contribution in [0.2, 0.25) is 0 Å². The van der Waals surface area contributed by atoms with Gasteiger partial charge < -0.3 is 14.6 Å². The van der Waals surface area contributed by atoms with Crippen molar-refractivity contribution < 1.29 is 24.2 Å². The van der Waals surface area contributed by atoms with Crippen LogP contribution < -0.4 is 0 Å². The number of hydrogen-bond donors (Lipinski definition) is 1. The molecule has 0 unspecified atom stereocenters. The van der Waals surface area contributed by atoms with Gasteiger partial charge in [-0.3, -0.25) is 9.59 Å². The van der Waals surface area contributed by atoms with Crippen molar-refractivity contribution in [3.05, 3.63) is 24.3 Å². The number of rotatable bonds is 37. The molecule has 0 aromatic heterocycles. The third-order valence-corrected chi connectivity index (χ3v) is 8.94. The molecule has 47 heavy (non-hydrogen) atoms. The van der Waals surface area contributed by atoms with Crippen LogP contribution in [-0.2, 0) is 19.1 Å². The minimum Gasteiger partial charge on any atom is -0.463 e. The van der Waals surface area contributed by atoms with Crippen LogP contribution in [0.4, 0.5) is 0 Å². The molecule has 0 aromatic rings. The first kappa shape index (κ1) is 45.4. The third-order valence-electron chi connectivity index (χ3n) is 8.94. The van der Waals surface area contributed by atoms with Crippen molar-refractivity contribution in [1.29, 1.82) is 0 Å². The van der Waals surface area contributed by atoms with E-state index in [1.165, 1.54) is 141 Å². The van der Waals surface area contributed by atoms with E-state index in [1.807, 2.05) is 0 Å². The summed E-state index contributed by atoms with van der Waals surface area (Å²) in [6, 6.07) is 0. The summed E-state index contributed by atoms with van der Waals surface area (Å²) in [4.78, 5) is 23.9. The smallest absolute Gasteiger partial charge is 0.305 e. The maximum Gasteiger partial charge on any atom is 0.305 e. The fourth-order valence-electron chi connectivity index (χ4n) is 5.82. The zero-order valence-corrected chi connectivity index (χ0v) is 31.3. The lowest BCUT2D eigenvalue weighted by molar-refractivity contribution is -0.152. The molecule has 0 saturated carbocycles. The molecule has 0 amide bonds. The van der Waals surface area contributed by atoms with Crippen molar-refractivity contribution in [2.75, 3.05) is 13.2 Å². The van der Waals surface area contributed by atoms with Gasteiger partial charge in [0.15, 0.2) is 0 Å². The van der Waals surface area contributed by atoms with E-state index in [0.717, 1.165) is 44.9 Å². The van der Waals surface area contributed by atoms with Crippen LogP contribution in [0.1, 0.15) is 213 Å². The number of hydrogen-bond acceptors (Lipinski definition) is 5. The lowest BCUT2D eigenvalue weighted by atomic mass is 10.0. The summed E-state index contributed by atoms with van der Waals surface area (Å²) >= 11 is 0. The second kappa shape index (κ2) is 38.8. The zero-order chi connectivity index (χ0) is 34.3. The Labute approximate surface area is 292 Å². The number of aliphatic hydroxyl groups excluding tert-OH is 1. The number of esters is 2. The van der Waals surface area contributed by atoms with E-state index in [-0.39, 0.29) is 25.2 Å². The van der Waals surface area contributed by atoms with Gasteiger partial charge in [0.2, 0.25) is 0 Å². The van der Waals surface area contributed by atoms with Crippen LogP contribution in [-0.4, -0.2) is 36.4 Å². The molecular formula is C42H78O5. The Morgan fingerprint density at radius 1 is 0.447 bits per heavy atom. The molecule has 0 rings (SSSR count). The average molecular weight is 663 g/mol. The highest BCUT2D eigenvalue weighted by Crippen LogP contribution is 2.15. The Hall–Kier alpha value is -1.62. The molecule has 5 heteroatoms. The van der Waals surface area contributed by atoms with E-state index in [4.69, 9.17) is 9.47 Å². The molecule has 0 aromatic carbocycles. The van der Waals surface area contributed by atoms with Crippen molar-refractivity contribution in [3.63, 3.8) is 0 Å². The van der Waals surface area contributed by atoms with Crippen molar-refractivity contribution in [2.45, 2.75) is 219 Å². The summed E-state index contributed by atoms with van der Waals surface area (Å²) in [5.74, 6) is -0.572. The number of unbranched alkanes of at least 4 members (excludes halogenated alkanes) is 25. The quantitative estimate of drug-likeness (QED) is 0.0407. The van der Waals surface area contributed by atoms with Gasteiger partial charge in [-0.05, 0) is 44.9 Å². The average Bonchev–Trinajstić information content (AvgIpc) is 3.07. The second-order valence-corrected chi connectivity index (χ2v) is 13.8. The molecule has 0 spiro atoms. The third kappa shape index (κ3) is 38.7. The van der Waals surface area contributed by atoms with Crippen molar-refractivity contribution in [3.8, 4) is 0 Å². The summed E-state index contributed by atoms with van der Waals surface area (Å²) in [5.41, 5.74) is 0. The lowest BCUT2D eigenvalue weighted by Gasteiger charge is -2.12. The minimum atomic E-state index is -0.965. The molecule has 0 aliphatic heterocycles. The van der Waals surface area contributed by atoms with Crippen LogP contribution >= 0.6 is 0 Å². The number of carbonyl (C=O) groups is 2. The molecule has 276 valence electrons. The Morgan fingerprint density at radius 2 is 0.745 bits per heavy atom. The standard InChI is InChI=1S/C42H78O5/c1-3-5-7-9-11-13-15-17-19-21-23-25-27-29-31-33-35-37-42(45)47-39-40(43)38-46-41(44)36-34-32-30-28-26-24-22-20-18-16-14-12-10-8-6-4-2/h14,16,20,22,40,43H,3-13,15,17-19,21,23-39H2,1-2H3/b16-14-,22-20-/t40-/m0/s1. The molecule has 0 aliphatic rings. The minimum absolute atomic E-state index is 0.116. The van der Waals surface area contributed by atoms with Crippen molar-refractivity contribution >= 4 is 11.9 Å². The summed E-state index contributed by atoms with van der Waals surface area (Å²) < 4.78 is 10.3. The first-order valence-electron chi connectivity index (χ1n) is 20.4. The van der Waals surface area contributed by atoms with Gasteiger partial charge in [0.05, 0.1) is 0 Å². The molecule has 0 bridgehead atoms. The number of allylic oxidation sites excluding steroid dienone is 4. The van der Waals surface area contributed by atoms with Gasteiger partial charge in [-0.2, -0.15) is 0 Å². The largest absolute Gasteiger partial charge is 0.463 e. The monoisotopic (exact) mass is 663 g/mol. The highest BCUT2D eigenvalue weighted by Gasteiger charge is 2.12. The van der Waals surface area contributed by atoms with E-state index < -0.39 is 6.10 Å². The van der Waals surface area contributed by atoms with E-state index >= 15 is 0 Å². The molecule has 1 N–H and O–H groups in total. The number of ether oxygens (including phenoxy) is 2. The molecule has 0 saturated heterocycles. The van der Waals surface area contributed by atoms with Gasteiger partial charge in [-0.1, -0.05) is 179 Å². The molecule has 5 nitrogen and oxygen atoms in total. The molecular weight excluding hydrogens is 584 g/mol. The number of aliphatic hydroxyl groups is 1. The first-order valence-corrected chi connectivity index (χ1v) is 20.4. The fraction of sp³-hybridized carbons (Fsp3) is 0.857. The summed E-state index contributed by atoms with van der Waals surface area (Å²) in [6.07, 6.45) is 45.2. The maximum atomic E-state index is 12.0. The molecule has 0 aliphatic carbocycles. The van der Waals surface area contributed by atoms with Crippen LogP contribution in [0.25, 0.3) is 0 Å². The molecule has 0 fully saturated rings. The summed E-state index contributed by atoms with van der Waals surface area (Å²) in [7, 11) is 0. The van der Waals surface area contributed by atoms with Gasteiger partial charge in [-0.25, -0.2) is 0 Å². The Bertz CT molecular complexity index is 716. The first-order chi connectivity index (χ1) is 23.1. The number of carbonyl (C=O) groups excluding carboxylic acids is 2. The SMILES string of the molecule is CCCCCC/C=C\C/C=C\CCCCCCCC(=O)OC[C@H](O)COC(=O)CCCCCCCCCCCCCCCCCCC. The van der Waals surface area contributed by atoms with Gasteiger partial charge >= 0.3 is 11.9 Å². The normalized spacial score (nSPS) is 12.3. The fourth-order valence-corrected chi connectivity index (χ4v) is 5.82. The van der Waals surface area contributed by atoms with Crippen LogP contribution in [0, 0.1) is 0 Å². The Morgan fingerprint density at radius 3 is 1.11 bits per heavy atom. The maximum absolute atomic E-state index is 12.0. The molecule has 0 radical (unpaired) electrons. The van der Waals surface area contributed by atoms with E-state index in [0.29, 0.717) is 12.8 Å². The summed E-state index contributed by atoms with van der Waals surface area (Å²) in [6.45, 7) is 4.29. The van der Waals surface area contributed by atoms with Crippen LogP contribution in [0.5, 0.6) is 0 Å². The van der Waals surface area contributed by atoms with Gasteiger partial charge in [-0.15, -0.1) is 0 Å². The van der Waals surface area contributed by atoms with Crippen LogP contribution in [0.3, 0.4) is 0 Å². The Kier molecular flexibility index (Phi) is 37.5. The van der Waals surface area contributed by atoms with Crippen LogP contribution in [0.15, 0.2) is 24.3 Å². The molecule has 0 heterocycles. The predicted molar refractivity (Wildman–Crippen MR) is 201 cm³/mol. The zero-order valence-electron chi connectivity index (χ0n) is 31.3. The topological polar surface area (TPSA) is 72.8 Å². The second-order valence-electron chi connectivity index (χ2n) is 13.8. The van der Waals surface area contributed by atoms with E-state index in [2.05, 4.69) is 38.2 Å². The highest BCUT2D eigenvalue weighted by atomic mass is 16.6. The van der Waals surface area contributed by atoms with Gasteiger partial charge in [0, 0.05) is 12.8 Å². The lowest BCUT2D eigenvalue weighted by Crippen LogP contribution is -2.25. The summed E-state index contributed by atoms with van der Waals surface area (Å²) in [5, 5.41) is 10.0. The van der Waals surface area contributed by atoms with Crippen molar-refractivity contribution in [1.82, 2.24) is 0 Å². The predicted octanol–water partition coefficient (Wildman–Crippen LogP) is 12.7. The van der Waals surface area contributed by atoms with E-state index in [9.17, 15) is 14.7 Å².